The van der Waals surface area contributed by atoms with E-state index in [1.807, 2.05) is 54.6 Å². The molecule has 4 rings (SSSR count). The summed E-state index contributed by atoms with van der Waals surface area (Å²) in [6.07, 6.45) is 4.41. The number of benzene rings is 2. The summed E-state index contributed by atoms with van der Waals surface area (Å²) in [6.45, 7) is 5.51. The number of carbonyl (C=O) groups is 1. The van der Waals surface area contributed by atoms with Gasteiger partial charge in [-0.15, -0.1) is 0 Å². The summed E-state index contributed by atoms with van der Waals surface area (Å²) >= 11 is 0. The minimum absolute atomic E-state index is 0.0359. The van der Waals surface area contributed by atoms with Crippen LogP contribution in [0.1, 0.15) is 25.7 Å². The number of anilines is 1. The molecule has 0 radical (unpaired) electrons. The van der Waals surface area contributed by atoms with Crippen LogP contribution < -0.4 is 10.1 Å². The van der Waals surface area contributed by atoms with E-state index in [1.165, 1.54) is 32.4 Å². The fourth-order valence-electron chi connectivity index (χ4n) is 4.17. The molecule has 5 nitrogen and oxygen atoms in total. The highest BCUT2D eigenvalue weighted by atomic mass is 16.5. The number of hydrogen-bond donors (Lipinski definition) is 1. The largest absolute Gasteiger partial charge is 0.455 e. The van der Waals surface area contributed by atoms with E-state index < -0.39 is 0 Å². The summed E-state index contributed by atoms with van der Waals surface area (Å²) < 4.78 is 5.93. The lowest BCUT2D eigenvalue weighted by Crippen LogP contribution is -2.35. The molecule has 1 atom stereocenters. The summed E-state index contributed by atoms with van der Waals surface area (Å²) in [6, 6.07) is 17.9. The predicted octanol–water partition coefficient (Wildman–Crippen LogP) is 3.98. The van der Waals surface area contributed by atoms with Crippen molar-refractivity contribution in [1.82, 2.24) is 9.80 Å². The zero-order chi connectivity index (χ0) is 19.2. The summed E-state index contributed by atoms with van der Waals surface area (Å²) in [5.41, 5.74) is 0.715. The van der Waals surface area contributed by atoms with Crippen molar-refractivity contribution in [1.29, 1.82) is 0 Å². The quantitative estimate of drug-likeness (QED) is 0.790. The van der Waals surface area contributed by atoms with Gasteiger partial charge in [0, 0.05) is 25.6 Å². The van der Waals surface area contributed by atoms with Crippen LogP contribution >= 0.6 is 0 Å². The molecule has 2 heterocycles. The van der Waals surface area contributed by atoms with Crippen molar-refractivity contribution in [2.24, 2.45) is 0 Å². The lowest BCUT2D eigenvalue weighted by Gasteiger charge is -2.23. The molecule has 1 N–H and O–H groups in total. The van der Waals surface area contributed by atoms with Gasteiger partial charge in [-0.2, -0.15) is 0 Å². The molecule has 28 heavy (non-hydrogen) atoms. The van der Waals surface area contributed by atoms with Crippen LogP contribution in [0.25, 0.3) is 0 Å². The summed E-state index contributed by atoms with van der Waals surface area (Å²) in [5, 5.41) is 3.02. The van der Waals surface area contributed by atoms with Gasteiger partial charge >= 0.3 is 0 Å². The van der Waals surface area contributed by atoms with Crippen LogP contribution in [-0.4, -0.2) is 54.5 Å². The predicted molar refractivity (Wildman–Crippen MR) is 112 cm³/mol. The van der Waals surface area contributed by atoms with E-state index >= 15 is 0 Å². The number of nitrogens with one attached hydrogen (secondary N) is 1. The lowest BCUT2D eigenvalue weighted by molar-refractivity contribution is -0.116. The minimum atomic E-state index is 0.0359. The van der Waals surface area contributed by atoms with Crippen molar-refractivity contribution in [2.75, 3.05) is 38.0 Å². The minimum Gasteiger partial charge on any atom is -0.455 e. The Balaban J connectivity index is 1.27. The SMILES string of the molecule is O=C(CCN1CCC(N2CCCC2)C1)Nc1ccccc1Oc1ccccc1. The van der Waals surface area contributed by atoms with E-state index in [1.54, 1.807) is 0 Å². The molecule has 0 saturated carbocycles. The van der Waals surface area contributed by atoms with E-state index in [0.717, 1.165) is 25.4 Å². The molecule has 2 fully saturated rings. The normalized spacial score (nSPS) is 20.4. The number of likely N-dealkylation sites (tertiary alicyclic amines) is 2. The van der Waals surface area contributed by atoms with Gasteiger partial charge in [0.1, 0.15) is 5.75 Å². The number of nitrogens with zero attached hydrogens (tertiary/aromatic N) is 2. The number of carbonyl (C=O) groups excluding carboxylic acids is 1. The van der Waals surface area contributed by atoms with Gasteiger partial charge in [-0.1, -0.05) is 30.3 Å². The molecule has 0 aliphatic carbocycles. The molecule has 2 aromatic carbocycles. The Morgan fingerprint density at radius 3 is 2.57 bits per heavy atom. The Hall–Kier alpha value is -2.37. The van der Waals surface area contributed by atoms with Gasteiger partial charge in [0.2, 0.25) is 5.91 Å². The van der Waals surface area contributed by atoms with Crippen molar-refractivity contribution < 1.29 is 9.53 Å². The van der Waals surface area contributed by atoms with E-state index in [4.69, 9.17) is 4.74 Å². The molecule has 0 spiro atoms. The first kappa shape index (κ1) is 19.0. The van der Waals surface area contributed by atoms with Crippen LogP contribution in [-0.2, 0) is 4.79 Å². The van der Waals surface area contributed by atoms with Gasteiger partial charge in [-0.25, -0.2) is 0 Å². The zero-order valence-electron chi connectivity index (χ0n) is 16.3. The molecule has 2 aliphatic heterocycles. The Labute approximate surface area is 167 Å². The van der Waals surface area contributed by atoms with Crippen LogP contribution in [0.3, 0.4) is 0 Å². The fraction of sp³-hybridized carbons (Fsp3) is 0.435. The molecule has 1 unspecified atom stereocenters. The maximum absolute atomic E-state index is 12.5. The maximum Gasteiger partial charge on any atom is 0.225 e. The van der Waals surface area contributed by atoms with Gasteiger partial charge in [-0.3, -0.25) is 9.69 Å². The highest BCUT2D eigenvalue weighted by molar-refractivity contribution is 5.92. The van der Waals surface area contributed by atoms with Crippen molar-refractivity contribution in [3.05, 3.63) is 54.6 Å². The summed E-state index contributed by atoms with van der Waals surface area (Å²) in [4.78, 5) is 17.6. The Morgan fingerprint density at radius 2 is 1.75 bits per heavy atom. The fourth-order valence-corrected chi connectivity index (χ4v) is 4.17. The molecule has 0 aromatic heterocycles. The van der Waals surface area contributed by atoms with E-state index in [2.05, 4.69) is 15.1 Å². The van der Waals surface area contributed by atoms with Gasteiger partial charge < -0.3 is 15.0 Å². The average molecular weight is 380 g/mol. The second-order valence-corrected chi connectivity index (χ2v) is 7.70. The lowest BCUT2D eigenvalue weighted by atomic mass is 10.2. The third kappa shape index (κ3) is 4.91. The van der Waals surface area contributed by atoms with Crippen molar-refractivity contribution in [3.63, 3.8) is 0 Å². The third-order valence-corrected chi connectivity index (χ3v) is 5.69. The average Bonchev–Trinajstić information content (AvgIpc) is 3.40. The smallest absolute Gasteiger partial charge is 0.225 e. The molecule has 1 amide bonds. The van der Waals surface area contributed by atoms with Crippen molar-refractivity contribution in [2.45, 2.75) is 31.7 Å². The Morgan fingerprint density at radius 1 is 1.00 bits per heavy atom. The Bertz CT molecular complexity index is 774. The highest BCUT2D eigenvalue weighted by Crippen LogP contribution is 2.29. The molecular weight excluding hydrogens is 350 g/mol. The third-order valence-electron chi connectivity index (χ3n) is 5.69. The first-order valence-electron chi connectivity index (χ1n) is 10.4. The first-order chi connectivity index (χ1) is 13.8. The second-order valence-electron chi connectivity index (χ2n) is 7.70. The van der Waals surface area contributed by atoms with E-state index in [0.29, 0.717) is 23.9 Å². The van der Waals surface area contributed by atoms with Crippen molar-refractivity contribution in [3.8, 4) is 11.5 Å². The zero-order valence-corrected chi connectivity index (χ0v) is 16.3. The molecule has 2 aromatic rings. The summed E-state index contributed by atoms with van der Waals surface area (Å²) in [7, 11) is 0. The van der Waals surface area contributed by atoms with Crippen LogP contribution in [0.2, 0.25) is 0 Å². The molecule has 2 aliphatic rings. The number of rotatable bonds is 7. The highest BCUT2D eigenvalue weighted by Gasteiger charge is 2.29. The number of para-hydroxylation sites is 3. The van der Waals surface area contributed by atoms with Crippen LogP contribution in [0.15, 0.2) is 54.6 Å². The molecule has 2 saturated heterocycles. The number of ether oxygens (including phenoxy) is 1. The standard InChI is InChI=1S/C23H29N3O2/c27-23(13-17-25-16-12-19(18-25)26-14-6-7-15-26)24-21-10-4-5-11-22(21)28-20-8-2-1-3-9-20/h1-5,8-11,19H,6-7,12-18H2,(H,24,27). The molecule has 0 bridgehead atoms. The number of hydrogen-bond acceptors (Lipinski definition) is 4. The van der Waals surface area contributed by atoms with Crippen LogP contribution in [0, 0.1) is 0 Å². The van der Waals surface area contributed by atoms with Crippen LogP contribution in [0.5, 0.6) is 11.5 Å². The van der Waals surface area contributed by atoms with Crippen LogP contribution in [0.4, 0.5) is 5.69 Å². The Kier molecular flexibility index (Phi) is 6.24. The second kappa shape index (κ2) is 9.22. The topological polar surface area (TPSA) is 44.8 Å². The maximum atomic E-state index is 12.5. The van der Waals surface area contributed by atoms with Crippen molar-refractivity contribution >= 4 is 11.6 Å². The number of amides is 1. The van der Waals surface area contributed by atoms with E-state index in [9.17, 15) is 4.79 Å². The van der Waals surface area contributed by atoms with Gasteiger partial charge in [0.25, 0.3) is 0 Å². The van der Waals surface area contributed by atoms with Gasteiger partial charge in [-0.05, 0) is 63.2 Å². The summed E-state index contributed by atoms with van der Waals surface area (Å²) in [5.74, 6) is 1.46. The monoisotopic (exact) mass is 379 g/mol. The molecular formula is C23H29N3O2. The molecule has 5 heteroatoms. The van der Waals surface area contributed by atoms with Gasteiger partial charge in [0.05, 0.1) is 5.69 Å². The van der Waals surface area contributed by atoms with E-state index in [-0.39, 0.29) is 5.91 Å². The molecule has 148 valence electrons. The first-order valence-corrected chi connectivity index (χ1v) is 10.4. The van der Waals surface area contributed by atoms with Gasteiger partial charge in [0.15, 0.2) is 5.75 Å².